The van der Waals surface area contributed by atoms with Gasteiger partial charge >= 0.3 is 5.97 Å². The quantitative estimate of drug-likeness (QED) is 0.673. The van der Waals surface area contributed by atoms with Crippen molar-refractivity contribution in [2.45, 2.75) is 27.3 Å². The Morgan fingerprint density at radius 1 is 1.07 bits per heavy atom. The van der Waals surface area contributed by atoms with Gasteiger partial charge in [-0.1, -0.05) is 6.07 Å². The molecule has 0 aliphatic rings. The second-order valence-electron chi connectivity index (χ2n) is 6.88. The summed E-state index contributed by atoms with van der Waals surface area (Å²) in [5.41, 5.74) is 5.30. The number of benzene rings is 2. The van der Waals surface area contributed by atoms with Gasteiger partial charge in [-0.2, -0.15) is 0 Å². The van der Waals surface area contributed by atoms with Crippen LogP contribution in [0.2, 0.25) is 0 Å². The zero-order valence-electron chi connectivity index (χ0n) is 16.5. The lowest BCUT2D eigenvalue weighted by Crippen LogP contribution is -2.13. The fourth-order valence-electron chi connectivity index (χ4n) is 3.35. The molecule has 6 nitrogen and oxygen atoms in total. The minimum absolute atomic E-state index is 0.137. The molecule has 0 unspecified atom stereocenters. The number of aryl methyl sites for hydroxylation is 2. The molecule has 0 bridgehead atoms. The number of anilines is 1. The maximum Gasteiger partial charge on any atom is 0.335 e. The van der Waals surface area contributed by atoms with Crippen molar-refractivity contribution in [1.82, 2.24) is 4.57 Å². The van der Waals surface area contributed by atoms with Crippen molar-refractivity contribution in [2.24, 2.45) is 0 Å². The Balaban J connectivity index is 1.94. The SMILES string of the molecule is COCCn1c(C)c(C)c2cc(C(=O)Nc3cc(C(=O)O)ccc3C)ccc21. The van der Waals surface area contributed by atoms with Crippen LogP contribution in [0.25, 0.3) is 10.9 Å². The van der Waals surface area contributed by atoms with Crippen LogP contribution in [-0.2, 0) is 11.3 Å². The van der Waals surface area contributed by atoms with Crippen LogP contribution in [0.15, 0.2) is 36.4 Å². The first-order valence-corrected chi connectivity index (χ1v) is 9.07. The second-order valence-corrected chi connectivity index (χ2v) is 6.88. The number of carboxylic acid groups (broad SMARTS) is 1. The Hall–Kier alpha value is -3.12. The van der Waals surface area contributed by atoms with E-state index in [0.29, 0.717) is 17.9 Å². The highest BCUT2D eigenvalue weighted by atomic mass is 16.5. The molecule has 1 aromatic heterocycles. The third-order valence-electron chi connectivity index (χ3n) is 5.15. The van der Waals surface area contributed by atoms with Gasteiger partial charge in [0.05, 0.1) is 12.2 Å². The number of methoxy groups -OCH3 is 1. The number of hydrogen-bond donors (Lipinski definition) is 2. The first-order chi connectivity index (χ1) is 13.3. The van der Waals surface area contributed by atoms with E-state index in [1.54, 1.807) is 19.2 Å². The number of hydrogen-bond acceptors (Lipinski definition) is 3. The summed E-state index contributed by atoms with van der Waals surface area (Å²) in [7, 11) is 1.68. The zero-order chi connectivity index (χ0) is 20.4. The Labute approximate surface area is 163 Å². The summed E-state index contributed by atoms with van der Waals surface area (Å²) >= 11 is 0. The lowest BCUT2D eigenvalue weighted by Gasteiger charge is -2.10. The van der Waals surface area contributed by atoms with Gasteiger partial charge in [0.1, 0.15) is 0 Å². The number of nitrogens with one attached hydrogen (secondary N) is 1. The first kappa shape index (κ1) is 19.6. The molecule has 2 N–H and O–H groups in total. The summed E-state index contributed by atoms with van der Waals surface area (Å²) in [5, 5.41) is 13.0. The van der Waals surface area contributed by atoms with Crippen molar-refractivity contribution in [2.75, 3.05) is 19.0 Å². The molecule has 28 heavy (non-hydrogen) atoms. The zero-order valence-corrected chi connectivity index (χ0v) is 16.5. The molecule has 2 aromatic carbocycles. The van der Waals surface area contributed by atoms with Crippen LogP contribution >= 0.6 is 0 Å². The van der Waals surface area contributed by atoms with E-state index in [1.807, 2.05) is 26.0 Å². The Morgan fingerprint density at radius 2 is 1.79 bits per heavy atom. The molecule has 0 aliphatic carbocycles. The van der Waals surface area contributed by atoms with E-state index in [1.165, 1.54) is 12.1 Å². The normalized spacial score (nSPS) is 11.0. The molecule has 3 aromatic rings. The van der Waals surface area contributed by atoms with Crippen molar-refractivity contribution < 1.29 is 19.4 Å². The van der Waals surface area contributed by atoms with Crippen LogP contribution in [0.3, 0.4) is 0 Å². The number of nitrogens with zero attached hydrogens (tertiary/aromatic N) is 1. The molecular weight excluding hydrogens is 356 g/mol. The van der Waals surface area contributed by atoms with E-state index in [9.17, 15) is 9.59 Å². The molecule has 1 heterocycles. The van der Waals surface area contributed by atoms with Gasteiger partial charge in [0.15, 0.2) is 0 Å². The minimum Gasteiger partial charge on any atom is -0.478 e. The molecule has 1 amide bonds. The monoisotopic (exact) mass is 380 g/mol. The fourth-order valence-corrected chi connectivity index (χ4v) is 3.35. The van der Waals surface area contributed by atoms with Crippen LogP contribution < -0.4 is 5.32 Å². The van der Waals surface area contributed by atoms with Gasteiger partial charge in [0.25, 0.3) is 5.91 Å². The molecule has 0 fully saturated rings. The van der Waals surface area contributed by atoms with Gasteiger partial charge in [0, 0.05) is 41.5 Å². The topological polar surface area (TPSA) is 80.6 Å². The number of fused-ring (bicyclic) bond motifs is 1. The second kappa shape index (κ2) is 7.86. The van der Waals surface area contributed by atoms with E-state index in [-0.39, 0.29) is 11.5 Å². The van der Waals surface area contributed by atoms with E-state index in [0.717, 1.165) is 34.3 Å². The van der Waals surface area contributed by atoms with Crippen molar-refractivity contribution in [1.29, 1.82) is 0 Å². The number of carbonyl (C=O) groups excluding carboxylic acids is 1. The molecule has 6 heteroatoms. The molecule has 0 saturated heterocycles. The number of amides is 1. The van der Waals surface area contributed by atoms with E-state index < -0.39 is 5.97 Å². The van der Waals surface area contributed by atoms with Crippen molar-refractivity contribution in [3.05, 3.63) is 64.3 Å². The van der Waals surface area contributed by atoms with Gasteiger partial charge in [-0.05, 0) is 62.2 Å². The maximum absolute atomic E-state index is 12.8. The van der Waals surface area contributed by atoms with Crippen molar-refractivity contribution in [3.8, 4) is 0 Å². The number of carboxylic acids is 1. The third kappa shape index (κ3) is 3.64. The van der Waals surface area contributed by atoms with Crippen molar-refractivity contribution >= 4 is 28.5 Å². The molecule has 0 saturated carbocycles. The standard InChI is InChI=1S/C22H24N2O4/c1-13-5-6-17(22(26)27)12-19(13)23-21(25)16-7-8-20-18(11-16)14(2)15(3)24(20)9-10-28-4/h5-8,11-12H,9-10H2,1-4H3,(H,23,25)(H,26,27). The van der Waals surface area contributed by atoms with Gasteiger partial charge in [0.2, 0.25) is 0 Å². The fraction of sp³-hybridized carbons (Fsp3) is 0.273. The maximum atomic E-state index is 12.8. The van der Waals surface area contributed by atoms with E-state index >= 15 is 0 Å². The Kier molecular flexibility index (Phi) is 5.51. The summed E-state index contributed by atoms with van der Waals surface area (Å²) in [6, 6.07) is 10.3. The summed E-state index contributed by atoms with van der Waals surface area (Å²) in [4.78, 5) is 24.0. The average molecular weight is 380 g/mol. The molecular formula is C22H24N2O4. The summed E-state index contributed by atoms with van der Waals surface area (Å²) in [5.74, 6) is -1.30. The van der Waals surface area contributed by atoms with Gasteiger partial charge in [-0.25, -0.2) is 4.79 Å². The average Bonchev–Trinajstić information content (AvgIpc) is 2.91. The van der Waals surface area contributed by atoms with Gasteiger partial charge in [-0.15, -0.1) is 0 Å². The van der Waals surface area contributed by atoms with Gasteiger partial charge in [-0.3, -0.25) is 4.79 Å². The number of aromatic nitrogens is 1. The van der Waals surface area contributed by atoms with Gasteiger partial charge < -0.3 is 19.7 Å². The van der Waals surface area contributed by atoms with Crippen LogP contribution in [0.5, 0.6) is 0 Å². The summed E-state index contributed by atoms with van der Waals surface area (Å²) in [6.45, 7) is 7.30. The van der Waals surface area contributed by atoms with Crippen LogP contribution in [0.1, 0.15) is 37.5 Å². The Morgan fingerprint density at radius 3 is 2.46 bits per heavy atom. The molecule has 0 aliphatic heterocycles. The largest absolute Gasteiger partial charge is 0.478 e. The highest BCUT2D eigenvalue weighted by molar-refractivity contribution is 6.07. The number of carbonyl (C=O) groups is 2. The van der Waals surface area contributed by atoms with Crippen molar-refractivity contribution in [3.63, 3.8) is 0 Å². The smallest absolute Gasteiger partial charge is 0.335 e. The molecule has 146 valence electrons. The Bertz CT molecular complexity index is 1070. The predicted octanol–water partition coefficient (Wildman–Crippen LogP) is 4.16. The van der Waals surface area contributed by atoms with Crippen LogP contribution in [0, 0.1) is 20.8 Å². The highest BCUT2D eigenvalue weighted by Crippen LogP contribution is 2.27. The number of ether oxygens (including phenoxy) is 1. The third-order valence-corrected chi connectivity index (χ3v) is 5.15. The number of aromatic carboxylic acids is 1. The lowest BCUT2D eigenvalue weighted by atomic mass is 10.1. The number of rotatable bonds is 6. The van der Waals surface area contributed by atoms with E-state index in [4.69, 9.17) is 9.84 Å². The highest BCUT2D eigenvalue weighted by Gasteiger charge is 2.15. The first-order valence-electron chi connectivity index (χ1n) is 9.07. The summed E-state index contributed by atoms with van der Waals surface area (Å²) < 4.78 is 7.39. The van der Waals surface area contributed by atoms with Crippen LogP contribution in [0.4, 0.5) is 5.69 Å². The predicted molar refractivity (Wildman–Crippen MR) is 109 cm³/mol. The van der Waals surface area contributed by atoms with E-state index in [2.05, 4.69) is 16.8 Å². The molecule has 0 spiro atoms. The molecule has 3 rings (SSSR count). The molecule has 0 radical (unpaired) electrons. The minimum atomic E-state index is -1.03. The molecule has 0 atom stereocenters. The lowest BCUT2D eigenvalue weighted by molar-refractivity contribution is 0.0696. The summed E-state index contributed by atoms with van der Waals surface area (Å²) in [6.07, 6.45) is 0. The van der Waals surface area contributed by atoms with Crippen LogP contribution in [-0.4, -0.2) is 35.3 Å².